The molecule has 3 N–H and O–H groups in total. The third-order valence-electron chi connectivity index (χ3n) is 11.6. The monoisotopic (exact) mass is 828 g/mol. The van der Waals surface area contributed by atoms with E-state index in [4.69, 9.17) is 14.5 Å². The van der Waals surface area contributed by atoms with Crippen LogP contribution in [0, 0.1) is 17.8 Å². The predicted molar refractivity (Wildman–Crippen MR) is 228 cm³/mol. The van der Waals surface area contributed by atoms with Gasteiger partial charge in [0.25, 0.3) is 0 Å². The van der Waals surface area contributed by atoms with Crippen LogP contribution in [-0.2, 0) is 19.1 Å². The van der Waals surface area contributed by atoms with Crippen LogP contribution in [0.4, 0.5) is 5.13 Å². The number of nitrogens with zero attached hydrogens (tertiary/aromatic N) is 4. The van der Waals surface area contributed by atoms with Crippen molar-refractivity contribution in [2.24, 2.45) is 10.8 Å². The number of rotatable bonds is 14. The Hall–Kier alpha value is -4.37. The number of thiazole rings is 2. The Bertz CT molecular complexity index is 2030. The highest BCUT2D eigenvalue weighted by atomic mass is 32.1. The lowest BCUT2D eigenvalue weighted by molar-refractivity contribution is -0.144. The highest BCUT2D eigenvalue weighted by Gasteiger charge is 2.46. The minimum absolute atomic E-state index is 0.0233. The molecule has 1 spiro atoms. The maximum atomic E-state index is 14.1. The molecule has 0 saturated carbocycles. The van der Waals surface area contributed by atoms with E-state index in [0.29, 0.717) is 24.9 Å². The molecule has 14 heteroatoms. The van der Waals surface area contributed by atoms with Gasteiger partial charge in [0.15, 0.2) is 5.13 Å². The molecule has 3 fully saturated rings. The van der Waals surface area contributed by atoms with Crippen molar-refractivity contribution < 1.29 is 29.0 Å². The summed E-state index contributed by atoms with van der Waals surface area (Å²) >= 11 is 3.27. The number of hydrogen-bond acceptors (Lipinski definition) is 11. The summed E-state index contributed by atoms with van der Waals surface area (Å²) in [6, 6.07) is 13.9. The first-order valence-corrected chi connectivity index (χ1v) is 22.1. The number of aryl methyl sites for hydroxylation is 1. The zero-order valence-corrected chi connectivity index (χ0v) is 35.8. The molecule has 310 valence electrons. The predicted octanol–water partition coefficient (Wildman–Crippen LogP) is 6.78. The van der Waals surface area contributed by atoms with Crippen LogP contribution in [-0.4, -0.2) is 95.3 Å². The Morgan fingerprint density at radius 3 is 2.38 bits per heavy atom. The number of hydrogen-bond donors (Lipinski definition) is 3. The standard InChI is InChI=1S/C44H56N6O6S2/c1-28(30-9-11-32(12-10-30)38-29(2)45-27-58-38)46-40(53)36-22-33(51)23-50(36)41(54)39(43(3,4)5)48-37(52)8-6-7-19-56-34-15-13-31(14-16-34)35-24-57-42(47-35)49-25-44(26-49)17-20-55-21-18-44/h9-16,24,27-28,33,36,39,51H,6-8,17-23,25-26H2,1-5H3,(H,46,53)(H,48,52). The van der Waals surface area contributed by atoms with Crippen molar-refractivity contribution in [2.75, 3.05) is 44.4 Å². The lowest BCUT2D eigenvalue weighted by Crippen LogP contribution is -2.58. The van der Waals surface area contributed by atoms with Crippen LogP contribution in [0.1, 0.15) is 83.5 Å². The lowest BCUT2D eigenvalue weighted by Gasteiger charge is -2.52. The van der Waals surface area contributed by atoms with Crippen molar-refractivity contribution in [2.45, 2.75) is 97.4 Å². The molecule has 2 aromatic carbocycles. The molecular formula is C44H56N6O6S2. The maximum Gasteiger partial charge on any atom is 0.246 e. The minimum atomic E-state index is -0.876. The van der Waals surface area contributed by atoms with Gasteiger partial charge in [-0.25, -0.2) is 9.97 Å². The number of β-amino-alcohol motifs (C(OH)–C–C–N with tert-alkyl or cyclic N) is 1. The van der Waals surface area contributed by atoms with Gasteiger partial charge in [0.2, 0.25) is 17.7 Å². The SMILES string of the molecule is Cc1ncsc1-c1ccc(C(C)NC(=O)C2CC(O)CN2C(=O)C(NC(=O)CCCCOc2ccc(-c3csc(N4CC5(CCOCC5)C4)n3)cc2)C(C)(C)C)cc1. The van der Waals surface area contributed by atoms with Gasteiger partial charge in [0, 0.05) is 62.0 Å². The van der Waals surface area contributed by atoms with E-state index in [9.17, 15) is 19.5 Å². The van der Waals surface area contributed by atoms with E-state index >= 15 is 0 Å². The quantitative estimate of drug-likeness (QED) is 0.117. The van der Waals surface area contributed by atoms with Gasteiger partial charge in [-0.1, -0.05) is 45.0 Å². The second-order valence-electron chi connectivity index (χ2n) is 17.2. The Morgan fingerprint density at radius 1 is 1.00 bits per heavy atom. The third kappa shape index (κ3) is 9.73. The maximum absolute atomic E-state index is 14.1. The molecule has 2 aromatic heterocycles. The average molecular weight is 829 g/mol. The van der Waals surface area contributed by atoms with Crippen molar-refractivity contribution in [3.63, 3.8) is 0 Å². The number of benzene rings is 2. The number of carbonyl (C=O) groups excluding carboxylic acids is 3. The zero-order chi connectivity index (χ0) is 41.0. The van der Waals surface area contributed by atoms with Crippen molar-refractivity contribution >= 4 is 45.5 Å². The normalized spacial score (nSPS) is 20.0. The number of aliphatic hydroxyl groups is 1. The average Bonchev–Trinajstić information content (AvgIpc) is 3.96. The van der Waals surface area contributed by atoms with Crippen molar-refractivity contribution in [1.82, 2.24) is 25.5 Å². The summed E-state index contributed by atoms with van der Waals surface area (Å²) in [6.45, 7) is 13.9. The number of aliphatic hydroxyl groups excluding tert-OH is 1. The van der Waals surface area contributed by atoms with Crippen molar-refractivity contribution in [3.8, 4) is 27.4 Å². The molecule has 5 heterocycles. The van der Waals surface area contributed by atoms with E-state index in [1.54, 1.807) is 22.7 Å². The second-order valence-corrected chi connectivity index (χ2v) is 18.9. The van der Waals surface area contributed by atoms with Crippen LogP contribution >= 0.6 is 22.7 Å². The highest BCUT2D eigenvalue weighted by molar-refractivity contribution is 7.14. The molecule has 7 rings (SSSR count). The molecule has 3 aliphatic heterocycles. The minimum Gasteiger partial charge on any atom is -0.494 e. The first kappa shape index (κ1) is 41.8. The molecule has 4 unspecified atom stereocenters. The summed E-state index contributed by atoms with van der Waals surface area (Å²) in [5, 5.41) is 19.8. The zero-order valence-electron chi connectivity index (χ0n) is 34.2. The van der Waals surface area contributed by atoms with Gasteiger partial charge < -0.3 is 35.0 Å². The third-order valence-corrected chi connectivity index (χ3v) is 13.5. The van der Waals surface area contributed by atoms with Crippen LogP contribution in [0.25, 0.3) is 21.7 Å². The molecular weight excluding hydrogens is 773 g/mol. The van der Waals surface area contributed by atoms with Crippen LogP contribution in [0.15, 0.2) is 59.4 Å². The Kier molecular flexibility index (Phi) is 12.9. The lowest BCUT2D eigenvalue weighted by atomic mass is 9.74. The smallest absolute Gasteiger partial charge is 0.246 e. The highest BCUT2D eigenvalue weighted by Crippen LogP contribution is 2.43. The summed E-state index contributed by atoms with van der Waals surface area (Å²) in [7, 11) is 0. The van der Waals surface area contributed by atoms with Crippen LogP contribution < -0.4 is 20.3 Å². The molecule has 0 radical (unpaired) electrons. The van der Waals surface area contributed by atoms with Gasteiger partial charge in [-0.05, 0) is 80.3 Å². The summed E-state index contributed by atoms with van der Waals surface area (Å²) in [5.41, 5.74) is 6.57. The molecule has 58 heavy (non-hydrogen) atoms. The molecule has 3 aliphatic rings. The fourth-order valence-corrected chi connectivity index (χ4v) is 9.76. The Morgan fingerprint density at radius 2 is 1.71 bits per heavy atom. The first-order valence-electron chi connectivity index (χ1n) is 20.4. The Balaban J connectivity index is 0.854. The number of aromatic nitrogens is 2. The van der Waals surface area contributed by atoms with Gasteiger partial charge in [-0.15, -0.1) is 22.7 Å². The summed E-state index contributed by atoms with van der Waals surface area (Å²) in [4.78, 5) is 55.0. The van der Waals surface area contributed by atoms with E-state index in [1.807, 2.05) is 88.7 Å². The second kappa shape index (κ2) is 17.9. The summed E-state index contributed by atoms with van der Waals surface area (Å²) in [6.07, 6.45) is 3.03. The fourth-order valence-electron chi connectivity index (χ4n) is 8.11. The van der Waals surface area contributed by atoms with Gasteiger partial charge in [0.1, 0.15) is 17.8 Å². The number of anilines is 1. The molecule has 3 amide bonds. The van der Waals surface area contributed by atoms with Crippen molar-refractivity contribution in [3.05, 3.63) is 70.7 Å². The van der Waals surface area contributed by atoms with Gasteiger partial charge in [0.05, 0.1) is 40.5 Å². The number of nitrogens with one attached hydrogen (secondary N) is 2. The number of likely N-dealkylation sites (tertiary alicyclic amines) is 1. The van der Waals surface area contributed by atoms with E-state index < -0.39 is 23.6 Å². The number of amides is 3. The van der Waals surface area contributed by atoms with E-state index in [1.165, 1.54) is 4.90 Å². The molecule has 4 aromatic rings. The molecule has 0 bridgehead atoms. The van der Waals surface area contributed by atoms with E-state index in [0.717, 1.165) is 83.0 Å². The first-order chi connectivity index (χ1) is 27.8. The molecule has 12 nitrogen and oxygen atoms in total. The van der Waals surface area contributed by atoms with Crippen molar-refractivity contribution in [1.29, 1.82) is 0 Å². The number of unbranched alkanes of at least 4 members (excludes halogenated alkanes) is 1. The van der Waals surface area contributed by atoms with Gasteiger partial charge in [-0.3, -0.25) is 14.4 Å². The molecule has 3 saturated heterocycles. The van der Waals surface area contributed by atoms with Crippen LogP contribution in [0.3, 0.4) is 0 Å². The summed E-state index contributed by atoms with van der Waals surface area (Å²) < 4.78 is 11.5. The topological polar surface area (TPSA) is 146 Å². The molecule has 4 atom stereocenters. The van der Waals surface area contributed by atoms with Crippen LogP contribution in [0.2, 0.25) is 0 Å². The summed E-state index contributed by atoms with van der Waals surface area (Å²) in [5.74, 6) is -0.199. The Labute approximate surface area is 349 Å². The largest absolute Gasteiger partial charge is 0.494 e. The van der Waals surface area contributed by atoms with E-state index in [-0.39, 0.29) is 43.1 Å². The number of ether oxygens (including phenoxy) is 2. The van der Waals surface area contributed by atoms with Crippen LogP contribution in [0.5, 0.6) is 5.75 Å². The molecule has 0 aliphatic carbocycles. The fraction of sp³-hybridized carbons (Fsp3) is 0.523. The van der Waals surface area contributed by atoms with E-state index in [2.05, 4.69) is 25.9 Å². The van der Waals surface area contributed by atoms with Gasteiger partial charge in [-0.2, -0.15) is 0 Å². The van der Waals surface area contributed by atoms with Gasteiger partial charge >= 0.3 is 0 Å². The number of carbonyl (C=O) groups is 3.